The zero-order chi connectivity index (χ0) is 14.7. The van der Waals surface area contributed by atoms with Gasteiger partial charge in [-0.25, -0.2) is 0 Å². The van der Waals surface area contributed by atoms with E-state index in [4.69, 9.17) is 5.11 Å². The van der Waals surface area contributed by atoms with Crippen LogP contribution >= 0.6 is 0 Å². The van der Waals surface area contributed by atoms with Gasteiger partial charge in [0.05, 0.1) is 23.4 Å². The molecule has 6 nitrogen and oxygen atoms in total. The fourth-order valence-electron chi connectivity index (χ4n) is 1.80. The van der Waals surface area contributed by atoms with Crippen LogP contribution in [0.2, 0.25) is 0 Å². The monoisotopic (exact) mass is 273 g/mol. The third-order valence-electron chi connectivity index (χ3n) is 3.08. The topological polar surface area (TPSA) is 88.3 Å². The predicted octanol–water partition coefficient (Wildman–Crippen LogP) is 2.92. The number of aromatic hydroxyl groups is 1. The van der Waals surface area contributed by atoms with Crippen molar-refractivity contribution in [2.24, 2.45) is 0 Å². The summed E-state index contributed by atoms with van der Waals surface area (Å²) in [7, 11) is 0. The number of aryl methyl sites for hydroxylation is 2. The number of hydrogen-bond donors (Lipinski definition) is 2. The molecule has 1 aromatic carbocycles. The van der Waals surface area contributed by atoms with Gasteiger partial charge in [0.15, 0.2) is 0 Å². The van der Waals surface area contributed by atoms with Crippen molar-refractivity contribution in [1.29, 1.82) is 0 Å². The smallest absolute Gasteiger partial charge is 0.292 e. The SMILES string of the molecule is Cc1cc(NCc2ccc(O)cn2)c([N+](=O)[O-])cc1C. The lowest BCUT2D eigenvalue weighted by Gasteiger charge is -2.09. The lowest BCUT2D eigenvalue weighted by molar-refractivity contribution is -0.384. The molecule has 0 spiro atoms. The van der Waals surface area contributed by atoms with Gasteiger partial charge in [0.25, 0.3) is 5.69 Å². The van der Waals surface area contributed by atoms with E-state index in [-0.39, 0.29) is 11.4 Å². The summed E-state index contributed by atoms with van der Waals surface area (Å²) in [4.78, 5) is 14.7. The van der Waals surface area contributed by atoms with Crippen molar-refractivity contribution in [3.63, 3.8) is 0 Å². The van der Waals surface area contributed by atoms with Crippen LogP contribution in [0.3, 0.4) is 0 Å². The van der Waals surface area contributed by atoms with Crippen molar-refractivity contribution in [1.82, 2.24) is 4.98 Å². The molecule has 20 heavy (non-hydrogen) atoms. The van der Waals surface area contributed by atoms with E-state index in [1.54, 1.807) is 18.2 Å². The Morgan fingerprint density at radius 3 is 2.60 bits per heavy atom. The Bertz CT molecular complexity index is 639. The van der Waals surface area contributed by atoms with Gasteiger partial charge in [0.2, 0.25) is 0 Å². The lowest BCUT2D eigenvalue weighted by atomic mass is 10.1. The minimum absolute atomic E-state index is 0.0480. The summed E-state index contributed by atoms with van der Waals surface area (Å²) >= 11 is 0. The Hall–Kier alpha value is -2.63. The Kier molecular flexibility index (Phi) is 3.84. The Morgan fingerprint density at radius 1 is 1.30 bits per heavy atom. The highest BCUT2D eigenvalue weighted by atomic mass is 16.6. The number of anilines is 1. The minimum atomic E-state index is -0.404. The molecule has 2 aromatic rings. The number of hydrogen-bond acceptors (Lipinski definition) is 5. The highest BCUT2D eigenvalue weighted by Gasteiger charge is 2.15. The molecule has 0 amide bonds. The second kappa shape index (κ2) is 5.56. The third-order valence-corrected chi connectivity index (χ3v) is 3.08. The number of aromatic nitrogens is 1. The maximum Gasteiger partial charge on any atom is 0.292 e. The van der Waals surface area contributed by atoms with Gasteiger partial charge >= 0.3 is 0 Å². The molecule has 0 fully saturated rings. The second-order valence-corrected chi connectivity index (χ2v) is 4.57. The summed E-state index contributed by atoms with van der Waals surface area (Å²) in [6.45, 7) is 4.10. The van der Waals surface area contributed by atoms with Crippen molar-refractivity contribution in [3.8, 4) is 5.75 Å². The van der Waals surface area contributed by atoms with Crippen LogP contribution in [0.15, 0.2) is 30.5 Å². The van der Waals surface area contributed by atoms with Crippen LogP contribution in [0.4, 0.5) is 11.4 Å². The van der Waals surface area contributed by atoms with E-state index in [2.05, 4.69) is 10.3 Å². The first kappa shape index (κ1) is 13.8. The second-order valence-electron chi connectivity index (χ2n) is 4.57. The molecular formula is C14H15N3O3. The van der Waals surface area contributed by atoms with E-state index < -0.39 is 4.92 Å². The minimum Gasteiger partial charge on any atom is -0.506 e. The van der Waals surface area contributed by atoms with Crippen LogP contribution < -0.4 is 5.32 Å². The number of nitro benzene ring substituents is 1. The van der Waals surface area contributed by atoms with Crippen LogP contribution in [-0.4, -0.2) is 15.0 Å². The van der Waals surface area contributed by atoms with Crippen molar-refractivity contribution >= 4 is 11.4 Å². The molecule has 0 aliphatic carbocycles. The summed E-state index contributed by atoms with van der Waals surface area (Å²) in [5.41, 5.74) is 3.07. The zero-order valence-electron chi connectivity index (χ0n) is 11.3. The van der Waals surface area contributed by atoms with Crippen LogP contribution in [0.25, 0.3) is 0 Å². The first-order chi connectivity index (χ1) is 9.47. The molecule has 0 radical (unpaired) electrons. The maximum atomic E-state index is 11.1. The Morgan fingerprint density at radius 2 is 2.00 bits per heavy atom. The summed E-state index contributed by atoms with van der Waals surface area (Å²) in [6, 6.07) is 6.50. The van der Waals surface area contributed by atoms with Crippen molar-refractivity contribution in [2.75, 3.05) is 5.32 Å². The van der Waals surface area contributed by atoms with Crippen LogP contribution in [0, 0.1) is 24.0 Å². The van der Waals surface area contributed by atoms with Gasteiger partial charge in [0, 0.05) is 6.07 Å². The van der Waals surface area contributed by atoms with E-state index in [0.29, 0.717) is 17.9 Å². The largest absolute Gasteiger partial charge is 0.506 e. The molecule has 2 N–H and O–H groups in total. The van der Waals surface area contributed by atoms with Gasteiger partial charge in [-0.05, 0) is 43.2 Å². The van der Waals surface area contributed by atoms with E-state index in [1.165, 1.54) is 12.3 Å². The number of nitrogens with one attached hydrogen (secondary N) is 1. The maximum absolute atomic E-state index is 11.1. The normalized spacial score (nSPS) is 10.3. The summed E-state index contributed by atoms with van der Waals surface area (Å²) in [5.74, 6) is 0.0888. The number of nitrogens with zero attached hydrogens (tertiary/aromatic N) is 2. The fraction of sp³-hybridized carbons (Fsp3) is 0.214. The summed E-state index contributed by atoms with van der Waals surface area (Å²) in [5, 5.41) is 23.2. The molecule has 0 aliphatic heterocycles. The van der Waals surface area contributed by atoms with Crippen LogP contribution in [0.5, 0.6) is 5.75 Å². The molecule has 1 heterocycles. The van der Waals surface area contributed by atoms with Gasteiger partial charge in [-0.15, -0.1) is 0 Å². The summed E-state index contributed by atoms with van der Waals surface area (Å²) in [6.07, 6.45) is 1.34. The number of benzene rings is 1. The van der Waals surface area contributed by atoms with Crippen molar-refractivity contribution in [3.05, 3.63) is 57.4 Å². The van der Waals surface area contributed by atoms with Crippen LogP contribution in [0.1, 0.15) is 16.8 Å². The van der Waals surface area contributed by atoms with Crippen LogP contribution in [-0.2, 0) is 6.54 Å². The number of nitro groups is 1. The van der Waals surface area contributed by atoms with Gasteiger partial charge in [-0.1, -0.05) is 0 Å². The molecule has 2 rings (SSSR count). The molecule has 6 heteroatoms. The molecule has 0 atom stereocenters. The molecule has 0 aliphatic rings. The molecular weight excluding hydrogens is 258 g/mol. The Labute approximate surface area is 116 Å². The standard InChI is InChI=1S/C14H15N3O3/c1-9-5-13(14(17(19)20)6-10(9)2)16-7-11-3-4-12(18)8-15-11/h3-6,8,16,18H,7H2,1-2H3. The van der Waals surface area contributed by atoms with E-state index in [0.717, 1.165) is 11.1 Å². The molecule has 1 aromatic heterocycles. The van der Waals surface area contributed by atoms with Gasteiger partial charge in [-0.3, -0.25) is 15.1 Å². The lowest BCUT2D eigenvalue weighted by Crippen LogP contribution is -2.05. The van der Waals surface area contributed by atoms with Gasteiger partial charge in [-0.2, -0.15) is 0 Å². The average molecular weight is 273 g/mol. The Balaban J connectivity index is 2.22. The molecule has 104 valence electrons. The quantitative estimate of drug-likeness (QED) is 0.660. The van der Waals surface area contributed by atoms with Crippen molar-refractivity contribution < 1.29 is 10.0 Å². The van der Waals surface area contributed by atoms with E-state index in [1.807, 2.05) is 13.8 Å². The third kappa shape index (κ3) is 3.03. The molecule has 0 saturated carbocycles. The predicted molar refractivity (Wildman–Crippen MR) is 75.8 cm³/mol. The molecule has 0 bridgehead atoms. The van der Waals surface area contributed by atoms with Crippen molar-refractivity contribution in [2.45, 2.75) is 20.4 Å². The number of pyridine rings is 1. The van der Waals surface area contributed by atoms with E-state index >= 15 is 0 Å². The average Bonchev–Trinajstić information content (AvgIpc) is 2.41. The first-order valence-electron chi connectivity index (χ1n) is 6.11. The molecule has 0 saturated heterocycles. The fourth-order valence-corrected chi connectivity index (χ4v) is 1.80. The van der Waals surface area contributed by atoms with E-state index in [9.17, 15) is 10.1 Å². The van der Waals surface area contributed by atoms with Gasteiger partial charge in [0.1, 0.15) is 11.4 Å². The molecule has 0 unspecified atom stereocenters. The zero-order valence-corrected chi connectivity index (χ0v) is 11.3. The first-order valence-corrected chi connectivity index (χ1v) is 6.11. The highest BCUT2D eigenvalue weighted by Crippen LogP contribution is 2.28. The summed E-state index contributed by atoms with van der Waals surface area (Å²) < 4.78 is 0. The number of rotatable bonds is 4. The van der Waals surface area contributed by atoms with Gasteiger partial charge < -0.3 is 10.4 Å². The highest BCUT2D eigenvalue weighted by molar-refractivity contribution is 5.64.